The normalized spacial score (nSPS) is 25.4. The summed E-state index contributed by atoms with van der Waals surface area (Å²) in [7, 11) is -3.54. The molecule has 1 unspecified atom stereocenters. The highest BCUT2D eigenvalue weighted by Crippen LogP contribution is 2.31. The van der Waals surface area contributed by atoms with Gasteiger partial charge in [0.1, 0.15) is 0 Å². The lowest BCUT2D eigenvalue weighted by Crippen LogP contribution is -2.33. The largest absolute Gasteiger partial charge is 0.390 e. The number of sulfonamides is 1. The van der Waals surface area contributed by atoms with Gasteiger partial charge in [-0.2, -0.15) is 4.31 Å². The van der Waals surface area contributed by atoms with E-state index < -0.39 is 15.6 Å². The molecule has 1 fully saturated rings. The standard InChI is InChI=1S/C13H17Br2NO3S/c1-13(17)5-2-7-16(8-6-13)20(18,19)12-9-10(14)3-4-11(12)15/h3-4,9,17H,2,5-8H2,1H3. The number of nitrogens with zero attached hydrogens (tertiary/aromatic N) is 1. The average Bonchev–Trinajstić information content (AvgIpc) is 2.53. The van der Waals surface area contributed by atoms with E-state index in [2.05, 4.69) is 31.9 Å². The van der Waals surface area contributed by atoms with Crippen LogP contribution in [-0.4, -0.2) is 36.5 Å². The average molecular weight is 427 g/mol. The SMILES string of the molecule is CC1(O)CCCN(S(=O)(=O)c2cc(Br)ccc2Br)CC1. The number of hydrogen-bond acceptors (Lipinski definition) is 3. The van der Waals surface area contributed by atoms with Crippen LogP contribution >= 0.6 is 31.9 Å². The summed E-state index contributed by atoms with van der Waals surface area (Å²) in [5, 5.41) is 10.1. The minimum Gasteiger partial charge on any atom is -0.390 e. The Morgan fingerprint density at radius 2 is 1.95 bits per heavy atom. The molecule has 2 rings (SSSR count). The van der Waals surface area contributed by atoms with Crippen molar-refractivity contribution in [3.63, 3.8) is 0 Å². The molecule has 1 N–H and O–H groups in total. The van der Waals surface area contributed by atoms with Crippen molar-refractivity contribution in [3.05, 3.63) is 27.1 Å². The molecule has 0 aromatic heterocycles. The molecule has 1 aliphatic heterocycles. The van der Waals surface area contributed by atoms with Gasteiger partial charge >= 0.3 is 0 Å². The first-order chi connectivity index (χ1) is 9.22. The molecular weight excluding hydrogens is 410 g/mol. The van der Waals surface area contributed by atoms with Crippen LogP contribution in [0.2, 0.25) is 0 Å². The Kier molecular flexibility index (Phi) is 4.96. The van der Waals surface area contributed by atoms with Gasteiger partial charge in [0, 0.05) is 22.0 Å². The third-order valence-electron chi connectivity index (χ3n) is 3.53. The summed E-state index contributed by atoms with van der Waals surface area (Å²) < 4.78 is 28.2. The van der Waals surface area contributed by atoms with Gasteiger partial charge < -0.3 is 5.11 Å². The van der Waals surface area contributed by atoms with E-state index in [-0.39, 0.29) is 4.90 Å². The van der Waals surface area contributed by atoms with E-state index >= 15 is 0 Å². The maximum absolute atomic E-state index is 12.7. The Hall–Kier alpha value is 0.0500. The molecule has 1 heterocycles. The van der Waals surface area contributed by atoms with Crippen molar-refractivity contribution < 1.29 is 13.5 Å². The van der Waals surface area contributed by atoms with Gasteiger partial charge in [0.05, 0.1) is 10.5 Å². The Labute approximate surface area is 136 Å². The smallest absolute Gasteiger partial charge is 0.244 e. The predicted octanol–water partition coefficient (Wildman–Crippen LogP) is 3.14. The molecule has 0 bridgehead atoms. The zero-order valence-corrected chi connectivity index (χ0v) is 15.1. The lowest BCUT2D eigenvalue weighted by molar-refractivity contribution is 0.0465. The van der Waals surface area contributed by atoms with Crippen LogP contribution in [0, 0.1) is 0 Å². The van der Waals surface area contributed by atoms with E-state index in [9.17, 15) is 13.5 Å². The summed E-state index contributed by atoms with van der Waals surface area (Å²) in [5.74, 6) is 0. The van der Waals surface area contributed by atoms with Crippen LogP contribution in [-0.2, 0) is 10.0 Å². The van der Waals surface area contributed by atoms with Gasteiger partial charge in [0.25, 0.3) is 0 Å². The summed E-state index contributed by atoms with van der Waals surface area (Å²) in [6.07, 6.45) is 1.74. The first-order valence-corrected chi connectivity index (χ1v) is 9.43. The van der Waals surface area contributed by atoms with E-state index in [0.29, 0.717) is 36.8 Å². The zero-order valence-electron chi connectivity index (χ0n) is 11.1. The third kappa shape index (κ3) is 3.62. The molecule has 0 amide bonds. The first kappa shape index (κ1) is 16.4. The van der Waals surface area contributed by atoms with Gasteiger partial charge in [0.2, 0.25) is 10.0 Å². The Balaban J connectivity index is 2.33. The molecule has 1 atom stereocenters. The fraction of sp³-hybridized carbons (Fsp3) is 0.538. The summed E-state index contributed by atoms with van der Waals surface area (Å²) in [6.45, 7) is 2.55. The highest BCUT2D eigenvalue weighted by molar-refractivity contribution is 9.11. The van der Waals surface area contributed by atoms with Crippen molar-refractivity contribution in [2.45, 2.75) is 36.7 Å². The molecule has 0 saturated carbocycles. The van der Waals surface area contributed by atoms with Gasteiger partial charge in [0.15, 0.2) is 0 Å². The van der Waals surface area contributed by atoms with Crippen LogP contribution in [0.1, 0.15) is 26.2 Å². The number of halogens is 2. The lowest BCUT2D eigenvalue weighted by Gasteiger charge is -2.22. The van der Waals surface area contributed by atoms with E-state index in [1.807, 2.05) is 0 Å². The number of aliphatic hydroxyl groups is 1. The van der Waals surface area contributed by atoms with E-state index in [1.54, 1.807) is 25.1 Å². The molecule has 1 aromatic rings. The molecule has 1 aromatic carbocycles. The molecular formula is C13H17Br2NO3S. The summed E-state index contributed by atoms with van der Waals surface area (Å²) in [4.78, 5) is 0.258. The second-order valence-corrected chi connectivity index (χ2v) is 9.01. The highest BCUT2D eigenvalue weighted by atomic mass is 79.9. The summed E-state index contributed by atoms with van der Waals surface area (Å²) in [5.41, 5.74) is -0.779. The van der Waals surface area contributed by atoms with Crippen molar-refractivity contribution in [1.82, 2.24) is 4.31 Å². The Morgan fingerprint density at radius 3 is 2.65 bits per heavy atom. The molecule has 20 heavy (non-hydrogen) atoms. The molecule has 1 aliphatic rings. The number of benzene rings is 1. The van der Waals surface area contributed by atoms with Crippen LogP contribution in [0.25, 0.3) is 0 Å². The molecule has 0 spiro atoms. The van der Waals surface area contributed by atoms with E-state index in [0.717, 1.165) is 4.47 Å². The molecule has 112 valence electrons. The van der Waals surface area contributed by atoms with Gasteiger partial charge in [-0.25, -0.2) is 8.42 Å². The van der Waals surface area contributed by atoms with E-state index in [1.165, 1.54) is 4.31 Å². The van der Waals surface area contributed by atoms with Crippen LogP contribution in [0.4, 0.5) is 0 Å². The second kappa shape index (κ2) is 6.04. The molecule has 4 nitrogen and oxygen atoms in total. The van der Waals surface area contributed by atoms with Crippen LogP contribution < -0.4 is 0 Å². The predicted molar refractivity (Wildman–Crippen MR) is 85.1 cm³/mol. The molecule has 7 heteroatoms. The third-order valence-corrected chi connectivity index (χ3v) is 6.92. The maximum Gasteiger partial charge on any atom is 0.244 e. The van der Waals surface area contributed by atoms with Crippen LogP contribution in [0.3, 0.4) is 0 Å². The van der Waals surface area contributed by atoms with Gasteiger partial charge in [-0.05, 0) is 60.3 Å². The Bertz CT molecular complexity index is 602. The number of hydrogen-bond donors (Lipinski definition) is 1. The second-order valence-electron chi connectivity index (χ2n) is 5.33. The highest BCUT2D eigenvalue weighted by Gasteiger charge is 2.32. The van der Waals surface area contributed by atoms with Crippen molar-refractivity contribution in [2.24, 2.45) is 0 Å². The monoisotopic (exact) mass is 425 g/mol. The van der Waals surface area contributed by atoms with Gasteiger partial charge in [-0.3, -0.25) is 0 Å². The first-order valence-electron chi connectivity index (χ1n) is 6.40. The maximum atomic E-state index is 12.7. The number of rotatable bonds is 2. The fourth-order valence-corrected chi connectivity index (χ4v) is 5.24. The van der Waals surface area contributed by atoms with E-state index in [4.69, 9.17) is 0 Å². The summed E-state index contributed by atoms with van der Waals surface area (Å²) in [6, 6.07) is 5.10. The molecule has 1 saturated heterocycles. The van der Waals surface area contributed by atoms with Gasteiger partial charge in [-0.15, -0.1) is 0 Å². The van der Waals surface area contributed by atoms with Crippen molar-refractivity contribution >= 4 is 41.9 Å². The fourth-order valence-electron chi connectivity index (χ4n) is 2.29. The molecule has 0 aliphatic carbocycles. The molecule has 0 radical (unpaired) electrons. The van der Waals surface area contributed by atoms with Gasteiger partial charge in [-0.1, -0.05) is 15.9 Å². The lowest BCUT2D eigenvalue weighted by atomic mass is 9.98. The topological polar surface area (TPSA) is 57.6 Å². The minimum atomic E-state index is -3.54. The minimum absolute atomic E-state index is 0.258. The quantitative estimate of drug-likeness (QED) is 0.790. The van der Waals surface area contributed by atoms with Crippen LogP contribution in [0.15, 0.2) is 32.0 Å². The zero-order chi connectivity index (χ0) is 15.0. The summed E-state index contributed by atoms with van der Waals surface area (Å²) >= 11 is 6.60. The van der Waals surface area contributed by atoms with Crippen molar-refractivity contribution in [3.8, 4) is 0 Å². The van der Waals surface area contributed by atoms with Crippen molar-refractivity contribution in [2.75, 3.05) is 13.1 Å². The van der Waals surface area contributed by atoms with Crippen molar-refractivity contribution in [1.29, 1.82) is 0 Å². The van der Waals surface area contributed by atoms with Crippen LogP contribution in [0.5, 0.6) is 0 Å². The Morgan fingerprint density at radius 1 is 1.25 bits per heavy atom.